The summed E-state index contributed by atoms with van der Waals surface area (Å²) in [6.45, 7) is 0. The van der Waals surface area contributed by atoms with Crippen LogP contribution in [0.1, 0.15) is 29.7 Å². The molecule has 25 heavy (non-hydrogen) atoms. The number of hydrogen-bond donors (Lipinski definition) is 1. The number of nitrogens with one attached hydrogen (secondary N) is 1. The van der Waals surface area contributed by atoms with Crippen LogP contribution in [-0.2, 0) is 12.8 Å². The number of benzene rings is 1. The first kappa shape index (κ1) is 16.2. The number of nitrogens with zero attached hydrogens (tertiary/aromatic N) is 2. The normalized spacial score (nSPS) is 14.3. The van der Waals surface area contributed by atoms with E-state index in [0.717, 1.165) is 31.2 Å². The van der Waals surface area contributed by atoms with E-state index in [2.05, 4.69) is 9.97 Å². The zero-order valence-electron chi connectivity index (χ0n) is 13.2. The first-order valence-electron chi connectivity index (χ1n) is 8.03. The molecule has 128 valence electrons. The fraction of sp³-hybridized carbons (Fsp3) is 0.294. The lowest BCUT2D eigenvalue weighted by molar-refractivity contribution is -0.384. The van der Waals surface area contributed by atoms with Crippen molar-refractivity contribution in [2.75, 3.05) is 0 Å². The number of fused-ring (bicyclic) bond motifs is 3. The van der Waals surface area contributed by atoms with Crippen LogP contribution in [0.25, 0.3) is 21.6 Å². The van der Waals surface area contributed by atoms with E-state index in [9.17, 15) is 14.9 Å². The lowest BCUT2D eigenvalue weighted by Gasteiger charge is -2.03. The number of nitro groups is 1. The number of aromatic amines is 1. The van der Waals surface area contributed by atoms with Gasteiger partial charge in [0.05, 0.1) is 10.3 Å². The molecule has 0 bridgehead atoms. The zero-order valence-corrected chi connectivity index (χ0v) is 14.7. The zero-order chi connectivity index (χ0) is 17.6. The quantitative estimate of drug-likeness (QED) is 0.406. The summed E-state index contributed by atoms with van der Waals surface area (Å²) in [6, 6.07) is 4.41. The van der Waals surface area contributed by atoms with E-state index in [-0.39, 0.29) is 16.3 Å². The van der Waals surface area contributed by atoms with Gasteiger partial charge in [0.1, 0.15) is 15.7 Å². The lowest BCUT2D eigenvalue weighted by Crippen LogP contribution is -2.10. The first-order valence-corrected chi connectivity index (χ1v) is 9.23. The van der Waals surface area contributed by atoms with E-state index < -0.39 is 4.92 Å². The minimum absolute atomic E-state index is 0.0556. The molecule has 6 nitrogen and oxygen atoms in total. The molecule has 4 rings (SSSR count). The maximum atomic E-state index is 12.7. The summed E-state index contributed by atoms with van der Waals surface area (Å²) in [5, 5.41) is 11.8. The minimum atomic E-state index is -0.546. The first-order chi connectivity index (χ1) is 12.0. The van der Waals surface area contributed by atoms with Gasteiger partial charge in [-0.25, -0.2) is 4.98 Å². The Balaban J connectivity index is 1.89. The molecule has 1 aliphatic rings. The lowest BCUT2D eigenvalue weighted by atomic mass is 10.1. The number of nitro benzene ring substituents is 1. The Labute approximate surface area is 151 Å². The van der Waals surface area contributed by atoms with Gasteiger partial charge in [-0.1, -0.05) is 18.0 Å². The molecule has 0 amide bonds. The van der Waals surface area contributed by atoms with Gasteiger partial charge in [0.2, 0.25) is 0 Å². The van der Waals surface area contributed by atoms with Gasteiger partial charge >= 0.3 is 0 Å². The second-order valence-electron chi connectivity index (χ2n) is 6.08. The third-order valence-electron chi connectivity index (χ3n) is 4.49. The number of rotatable bonds is 2. The van der Waals surface area contributed by atoms with Crippen LogP contribution in [0.15, 0.2) is 23.0 Å². The molecule has 0 spiro atoms. The number of aryl methyl sites for hydroxylation is 2. The van der Waals surface area contributed by atoms with Crippen LogP contribution in [-0.4, -0.2) is 14.9 Å². The SMILES string of the molecule is O=c1[nH]c(-c2ccc(Cl)c([N+](=O)[O-])c2)nc2sc3c(c12)CCCCC3. The Bertz CT molecular complexity index is 1060. The van der Waals surface area contributed by atoms with Crippen LogP contribution >= 0.6 is 22.9 Å². The Morgan fingerprint density at radius 2 is 2.04 bits per heavy atom. The number of halogens is 1. The number of thiophene rings is 1. The molecule has 8 heteroatoms. The highest BCUT2D eigenvalue weighted by Gasteiger charge is 2.20. The summed E-state index contributed by atoms with van der Waals surface area (Å²) >= 11 is 7.42. The van der Waals surface area contributed by atoms with Gasteiger partial charge in [-0.3, -0.25) is 14.9 Å². The van der Waals surface area contributed by atoms with Crippen molar-refractivity contribution in [1.82, 2.24) is 9.97 Å². The molecule has 0 atom stereocenters. The standard InChI is InChI=1S/C17H14ClN3O3S/c18-11-7-6-9(8-12(11)21(23)24)15-19-16(22)14-10-4-2-1-3-5-13(10)25-17(14)20-15/h6-8H,1-5H2,(H,19,20,22). The van der Waals surface area contributed by atoms with Crippen LogP contribution in [0.3, 0.4) is 0 Å². The molecule has 2 aromatic heterocycles. The summed E-state index contributed by atoms with van der Waals surface area (Å²) < 4.78 is 0. The highest BCUT2D eigenvalue weighted by atomic mass is 35.5. The predicted octanol–water partition coefficient (Wildman–Crippen LogP) is 4.48. The Morgan fingerprint density at radius 1 is 1.24 bits per heavy atom. The molecule has 0 fully saturated rings. The Hall–Kier alpha value is -2.25. The summed E-state index contributed by atoms with van der Waals surface area (Å²) in [6.07, 6.45) is 5.29. The van der Waals surface area contributed by atoms with E-state index in [0.29, 0.717) is 21.6 Å². The molecule has 0 unspecified atom stereocenters. The van der Waals surface area contributed by atoms with Crippen LogP contribution in [0.5, 0.6) is 0 Å². The van der Waals surface area contributed by atoms with Crippen molar-refractivity contribution in [3.8, 4) is 11.4 Å². The molecule has 0 radical (unpaired) electrons. The second-order valence-corrected chi connectivity index (χ2v) is 7.57. The van der Waals surface area contributed by atoms with Crippen molar-refractivity contribution in [1.29, 1.82) is 0 Å². The average molecular weight is 376 g/mol. The van der Waals surface area contributed by atoms with Gasteiger partial charge in [-0.2, -0.15) is 0 Å². The Kier molecular flexibility index (Phi) is 4.05. The third-order valence-corrected chi connectivity index (χ3v) is 6.00. The van der Waals surface area contributed by atoms with Gasteiger partial charge in [-0.05, 0) is 43.4 Å². The van der Waals surface area contributed by atoms with E-state index in [1.165, 1.54) is 23.4 Å². The minimum Gasteiger partial charge on any atom is -0.306 e. The maximum Gasteiger partial charge on any atom is 0.288 e. The maximum absolute atomic E-state index is 12.7. The number of aromatic nitrogens is 2. The smallest absolute Gasteiger partial charge is 0.288 e. The van der Waals surface area contributed by atoms with E-state index in [4.69, 9.17) is 11.6 Å². The fourth-order valence-electron chi connectivity index (χ4n) is 3.28. The van der Waals surface area contributed by atoms with E-state index in [1.54, 1.807) is 17.4 Å². The highest BCUT2D eigenvalue weighted by Crippen LogP contribution is 2.34. The van der Waals surface area contributed by atoms with Crippen molar-refractivity contribution in [2.24, 2.45) is 0 Å². The summed E-state index contributed by atoms with van der Waals surface area (Å²) in [7, 11) is 0. The fourth-order valence-corrected chi connectivity index (χ4v) is 4.73. The third kappa shape index (κ3) is 2.83. The van der Waals surface area contributed by atoms with Crippen LogP contribution in [0, 0.1) is 10.1 Å². The van der Waals surface area contributed by atoms with Crippen molar-refractivity contribution in [3.63, 3.8) is 0 Å². The van der Waals surface area contributed by atoms with Crippen LogP contribution < -0.4 is 5.56 Å². The van der Waals surface area contributed by atoms with Gasteiger partial charge in [-0.15, -0.1) is 11.3 Å². The largest absolute Gasteiger partial charge is 0.306 e. The van der Waals surface area contributed by atoms with Crippen molar-refractivity contribution in [3.05, 3.63) is 54.1 Å². The molecular formula is C17H14ClN3O3S. The molecule has 1 aromatic carbocycles. The average Bonchev–Trinajstić information content (AvgIpc) is 2.77. The Morgan fingerprint density at radius 3 is 2.84 bits per heavy atom. The molecule has 1 aliphatic carbocycles. The van der Waals surface area contributed by atoms with Gasteiger partial charge in [0.25, 0.3) is 11.2 Å². The summed E-state index contributed by atoms with van der Waals surface area (Å²) in [4.78, 5) is 32.5. The highest BCUT2D eigenvalue weighted by molar-refractivity contribution is 7.18. The number of hydrogen-bond acceptors (Lipinski definition) is 5. The molecule has 0 aliphatic heterocycles. The molecular weight excluding hydrogens is 362 g/mol. The van der Waals surface area contributed by atoms with Crippen LogP contribution in [0.2, 0.25) is 5.02 Å². The summed E-state index contributed by atoms with van der Waals surface area (Å²) in [5.41, 5.74) is 1.21. The predicted molar refractivity (Wildman–Crippen MR) is 98.6 cm³/mol. The molecule has 2 heterocycles. The monoisotopic (exact) mass is 375 g/mol. The van der Waals surface area contributed by atoms with Gasteiger partial charge in [0, 0.05) is 16.5 Å². The van der Waals surface area contributed by atoms with Crippen LogP contribution in [0.4, 0.5) is 5.69 Å². The molecule has 0 saturated heterocycles. The topological polar surface area (TPSA) is 88.9 Å². The second kappa shape index (κ2) is 6.24. The van der Waals surface area contributed by atoms with E-state index >= 15 is 0 Å². The molecule has 0 saturated carbocycles. The number of H-pyrrole nitrogens is 1. The van der Waals surface area contributed by atoms with Crippen molar-refractivity contribution < 1.29 is 4.92 Å². The molecule has 3 aromatic rings. The van der Waals surface area contributed by atoms with Crippen molar-refractivity contribution >= 4 is 38.8 Å². The summed E-state index contributed by atoms with van der Waals surface area (Å²) in [5.74, 6) is 0.327. The van der Waals surface area contributed by atoms with Gasteiger partial charge < -0.3 is 4.98 Å². The molecule has 1 N–H and O–H groups in total. The van der Waals surface area contributed by atoms with Crippen molar-refractivity contribution in [2.45, 2.75) is 32.1 Å². The van der Waals surface area contributed by atoms with E-state index in [1.807, 2.05) is 0 Å². The van der Waals surface area contributed by atoms with Gasteiger partial charge in [0.15, 0.2) is 0 Å².